The van der Waals surface area contributed by atoms with Crippen LogP contribution in [0.3, 0.4) is 0 Å². The van der Waals surface area contributed by atoms with Crippen molar-refractivity contribution in [2.75, 3.05) is 0 Å². The van der Waals surface area contributed by atoms with Gasteiger partial charge < -0.3 is 0 Å². The second-order valence-electron chi connectivity index (χ2n) is 4.03. The quantitative estimate of drug-likeness (QED) is 0.591. The van der Waals surface area contributed by atoms with Crippen molar-refractivity contribution in [3.8, 4) is 0 Å². The van der Waals surface area contributed by atoms with E-state index in [0.717, 1.165) is 0 Å². The van der Waals surface area contributed by atoms with E-state index >= 15 is 0 Å². The number of hydrogen-bond donors (Lipinski definition) is 0. The van der Waals surface area contributed by atoms with Crippen molar-refractivity contribution in [1.29, 1.82) is 0 Å². The van der Waals surface area contributed by atoms with Crippen LogP contribution in [0, 0.1) is 11.3 Å². The standard InChI is InChI=1S/C10H17F3/c1-6-8(7(2)3)9(4,5)10(11,12)13/h8H,2,6H2,1,3-5H3. The van der Waals surface area contributed by atoms with Gasteiger partial charge in [-0.3, -0.25) is 0 Å². The fourth-order valence-electron chi connectivity index (χ4n) is 1.67. The molecule has 0 heterocycles. The lowest BCUT2D eigenvalue weighted by Gasteiger charge is -2.36. The van der Waals surface area contributed by atoms with Gasteiger partial charge in [-0.05, 0) is 19.3 Å². The van der Waals surface area contributed by atoms with E-state index in [1.54, 1.807) is 13.8 Å². The molecule has 0 amide bonds. The zero-order valence-corrected chi connectivity index (χ0v) is 8.63. The summed E-state index contributed by atoms with van der Waals surface area (Å²) in [7, 11) is 0. The fourth-order valence-corrected chi connectivity index (χ4v) is 1.67. The maximum absolute atomic E-state index is 12.6. The smallest absolute Gasteiger partial charge is 0.171 e. The fraction of sp³-hybridized carbons (Fsp3) is 0.800. The summed E-state index contributed by atoms with van der Waals surface area (Å²) in [6.07, 6.45) is -3.69. The predicted molar refractivity (Wildman–Crippen MR) is 48.4 cm³/mol. The molecule has 1 unspecified atom stereocenters. The molecule has 0 N–H and O–H groups in total. The van der Waals surface area contributed by atoms with Gasteiger partial charge in [-0.2, -0.15) is 13.2 Å². The van der Waals surface area contributed by atoms with E-state index in [9.17, 15) is 13.2 Å². The number of alkyl halides is 3. The van der Waals surface area contributed by atoms with Gasteiger partial charge in [0, 0.05) is 0 Å². The van der Waals surface area contributed by atoms with Crippen LogP contribution < -0.4 is 0 Å². The van der Waals surface area contributed by atoms with Crippen LogP contribution in [0.25, 0.3) is 0 Å². The van der Waals surface area contributed by atoms with Crippen LogP contribution in [0.5, 0.6) is 0 Å². The second-order valence-corrected chi connectivity index (χ2v) is 4.03. The summed E-state index contributed by atoms with van der Waals surface area (Å²) < 4.78 is 37.8. The van der Waals surface area contributed by atoms with E-state index in [1.807, 2.05) is 0 Å². The molecule has 13 heavy (non-hydrogen) atoms. The molecule has 0 spiro atoms. The number of hydrogen-bond acceptors (Lipinski definition) is 0. The van der Waals surface area contributed by atoms with Crippen molar-refractivity contribution >= 4 is 0 Å². The second kappa shape index (κ2) is 3.72. The van der Waals surface area contributed by atoms with Gasteiger partial charge in [0.2, 0.25) is 0 Å². The first kappa shape index (κ1) is 12.5. The zero-order valence-electron chi connectivity index (χ0n) is 8.63. The lowest BCUT2D eigenvalue weighted by molar-refractivity contribution is -0.225. The molecule has 1 atom stereocenters. The van der Waals surface area contributed by atoms with E-state index in [2.05, 4.69) is 6.58 Å². The SMILES string of the molecule is C=C(C)C(CC)C(C)(C)C(F)(F)F. The molecule has 0 radical (unpaired) electrons. The summed E-state index contributed by atoms with van der Waals surface area (Å²) in [5.41, 5.74) is -1.07. The molecule has 3 heteroatoms. The highest BCUT2D eigenvalue weighted by molar-refractivity contribution is 5.04. The van der Waals surface area contributed by atoms with Crippen LogP contribution in [0.2, 0.25) is 0 Å². The molecule has 0 aliphatic heterocycles. The first-order valence-electron chi connectivity index (χ1n) is 4.36. The molecule has 0 bridgehead atoms. The third kappa shape index (κ3) is 2.48. The summed E-state index contributed by atoms with van der Waals surface area (Å²) >= 11 is 0. The van der Waals surface area contributed by atoms with E-state index in [4.69, 9.17) is 0 Å². The Balaban J connectivity index is 4.89. The van der Waals surface area contributed by atoms with Crippen molar-refractivity contribution in [2.24, 2.45) is 11.3 Å². The summed E-state index contributed by atoms with van der Waals surface area (Å²) in [4.78, 5) is 0. The summed E-state index contributed by atoms with van der Waals surface area (Å²) in [5, 5.41) is 0. The van der Waals surface area contributed by atoms with Crippen molar-refractivity contribution in [3.05, 3.63) is 12.2 Å². The molecule has 0 aromatic rings. The Labute approximate surface area is 77.8 Å². The molecule has 0 fully saturated rings. The molecule has 0 nitrogen and oxygen atoms in total. The Morgan fingerprint density at radius 1 is 1.31 bits per heavy atom. The van der Waals surface area contributed by atoms with Gasteiger partial charge >= 0.3 is 6.18 Å². The Morgan fingerprint density at radius 2 is 1.69 bits per heavy atom. The minimum Gasteiger partial charge on any atom is -0.171 e. The van der Waals surface area contributed by atoms with Gasteiger partial charge in [0.25, 0.3) is 0 Å². The molecular weight excluding hydrogens is 177 g/mol. The minimum absolute atomic E-state index is 0.474. The monoisotopic (exact) mass is 194 g/mol. The van der Waals surface area contributed by atoms with Crippen LogP contribution in [0.15, 0.2) is 12.2 Å². The van der Waals surface area contributed by atoms with Gasteiger partial charge in [-0.25, -0.2) is 0 Å². The molecule has 78 valence electrons. The Kier molecular flexibility index (Phi) is 3.59. The van der Waals surface area contributed by atoms with Gasteiger partial charge in [0.15, 0.2) is 0 Å². The largest absolute Gasteiger partial charge is 0.394 e. The third-order valence-electron chi connectivity index (χ3n) is 2.60. The first-order valence-corrected chi connectivity index (χ1v) is 4.36. The van der Waals surface area contributed by atoms with E-state index in [0.29, 0.717) is 12.0 Å². The van der Waals surface area contributed by atoms with Crippen molar-refractivity contribution in [2.45, 2.75) is 40.3 Å². The Hall–Kier alpha value is -0.470. The van der Waals surface area contributed by atoms with Gasteiger partial charge in [-0.1, -0.05) is 32.9 Å². The molecule has 0 aromatic heterocycles. The van der Waals surface area contributed by atoms with E-state index in [1.165, 1.54) is 13.8 Å². The van der Waals surface area contributed by atoms with E-state index in [-0.39, 0.29) is 0 Å². The number of allylic oxidation sites excluding steroid dienone is 1. The molecule has 0 saturated carbocycles. The normalized spacial score (nSPS) is 15.6. The highest BCUT2D eigenvalue weighted by atomic mass is 19.4. The van der Waals surface area contributed by atoms with Crippen LogP contribution in [-0.4, -0.2) is 6.18 Å². The lowest BCUT2D eigenvalue weighted by Crippen LogP contribution is -2.39. The molecule has 0 aliphatic carbocycles. The number of rotatable bonds is 3. The van der Waals surface area contributed by atoms with Crippen LogP contribution in [0.4, 0.5) is 13.2 Å². The summed E-state index contributed by atoms with van der Waals surface area (Å²) in [6, 6.07) is 0. The van der Waals surface area contributed by atoms with Crippen molar-refractivity contribution in [3.63, 3.8) is 0 Å². The van der Waals surface area contributed by atoms with Gasteiger partial charge in [0.1, 0.15) is 0 Å². The zero-order chi connectivity index (χ0) is 10.9. The predicted octanol–water partition coefficient (Wildman–Crippen LogP) is 4.18. The highest BCUT2D eigenvalue weighted by Gasteiger charge is 2.51. The van der Waals surface area contributed by atoms with Crippen LogP contribution in [-0.2, 0) is 0 Å². The molecular formula is C10H17F3. The molecule has 0 aliphatic rings. The third-order valence-corrected chi connectivity index (χ3v) is 2.60. The van der Waals surface area contributed by atoms with E-state index < -0.39 is 17.5 Å². The topological polar surface area (TPSA) is 0 Å². The Bertz CT molecular complexity index is 189. The van der Waals surface area contributed by atoms with Crippen molar-refractivity contribution in [1.82, 2.24) is 0 Å². The summed E-state index contributed by atoms with van der Waals surface area (Å²) in [5.74, 6) is -0.493. The maximum Gasteiger partial charge on any atom is 0.394 e. The maximum atomic E-state index is 12.6. The first-order chi connectivity index (χ1) is 5.64. The average Bonchev–Trinajstić information content (AvgIpc) is 1.83. The lowest BCUT2D eigenvalue weighted by atomic mass is 9.73. The van der Waals surface area contributed by atoms with Crippen molar-refractivity contribution < 1.29 is 13.2 Å². The van der Waals surface area contributed by atoms with Crippen LogP contribution in [0.1, 0.15) is 34.1 Å². The van der Waals surface area contributed by atoms with Crippen LogP contribution >= 0.6 is 0 Å². The number of halogens is 3. The summed E-state index contributed by atoms with van der Waals surface area (Å²) in [6.45, 7) is 9.48. The minimum atomic E-state index is -4.16. The Morgan fingerprint density at radius 3 is 1.77 bits per heavy atom. The molecule has 0 saturated heterocycles. The average molecular weight is 194 g/mol. The van der Waals surface area contributed by atoms with Gasteiger partial charge in [0.05, 0.1) is 5.41 Å². The molecule has 0 rings (SSSR count). The molecule has 0 aromatic carbocycles. The highest BCUT2D eigenvalue weighted by Crippen LogP contribution is 2.47. The van der Waals surface area contributed by atoms with Gasteiger partial charge in [-0.15, -0.1) is 0 Å².